The van der Waals surface area contributed by atoms with Gasteiger partial charge < -0.3 is 15.4 Å². The van der Waals surface area contributed by atoms with Crippen LogP contribution in [0.5, 0.6) is 0 Å². The third-order valence-corrected chi connectivity index (χ3v) is 7.20. The summed E-state index contributed by atoms with van der Waals surface area (Å²) in [5.74, 6) is -0.809. The van der Waals surface area contributed by atoms with Crippen LogP contribution in [0.25, 0.3) is 11.1 Å². The lowest BCUT2D eigenvalue weighted by molar-refractivity contribution is -0.124. The van der Waals surface area contributed by atoms with Crippen LogP contribution in [0.15, 0.2) is 72.8 Å². The number of Topliss-reactive ketones (excluding diaryl/α,β-unsaturated/α-hetero) is 1. The number of hydrogen-bond acceptors (Lipinski definition) is 4. The van der Waals surface area contributed by atoms with Gasteiger partial charge in [0.05, 0.1) is 6.04 Å². The van der Waals surface area contributed by atoms with Crippen molar-refractivity contribution in [1.29, 1.82) is 0 Å². The lowest BCUT2D eigenvalue weighted by Gasteiger charge is -2.25. The number of carbonyl (C=O) groups is 3. The third-order valence-electron chi connectivity index (χ3n) is 7.20. The van der Waals surface area contributed by atoms with Crippen molar-refractivity contribution in [3.63, 3.8) is 0 Å². The number of rotatable bonds is 9. The molecule has 37 heavy (non-hydrogen) atoms. The predicted molar refractivity (Wildman–Crippen MR) is 145 cm³/mol. The highest BCUT2D eigenvalue weighted by molar-refractivity contribution is 6.02. The normalized spacial score (nSPS) is 14.6. The Labute approximate surface area is 218 Å². The monoisotopic (exact) mass is 498 g/mol. The molecule has 1 aliphatic carbocycles. The largest absolute Gasteiger partial charge is 0.449 e. The summed E-state index contributed by atoms with van der Waals surface area (Å²) in [6.07, 6.45) is 0.0157. The number of carbonyl (C=O) groups excluding carboxylic acids is 3. The Morgan fingerprint density at radius 2 is 1.41 bits per heavy atom. The van der Waals surface area contributed by atoms with Crippen LogP contribution >= 0.6 is 0 Å². The third kappa shape index (κ3) is 5.74. The first-order chi connectivity index (χ1) is 17.8. The van der Waals surface area contributed by atoms with Crippen molar-refractivity contribution in [3.8, 4) is 11.1 Å². The fourth-order valence-corrected chi connectivity index (χ4v) is 4.81. The lowest BCUT2D eigenvalue weighted by atomic mass is 9.97. The molecule has 2 amide bonds. The summed E-state index contributed by atoms with van der Waals surface area (Å²) in [5, 5.41) is 5.52. The molecule has 3 aromatic rings. The summed E-state index contributed by atoms with van der Waals surface area (Å²) in [4.78, 5) is 38.8. The van der Waals surface area contributed by atoms with E-state index in [0.29, 0.717) is 12.0 Å². The maximum atomic E-state index is 13.1. The molecule has 1 aliphatic rings. The summed E-state index contributed by atoms with van der Waals surface area (Å²) < 4.78 is 5.65. The topological polar surface area (TPSA) is 84.5 Å². The number of nitrogens with one attached hydrogen (secondary N) is 2. The molecule has 0 heterocycles. The minimum absolute atomic E-state index is 0.0684. The average molecular weight is 499 g/mol. The van der Waals surface area contributed by atoms with Crippen molar-refractivity contribution in [2.45, 2.75) is 52.1 Å². The molecule has 0 spiro atoms. The molecule has 192 valence electrons. The first kappa shape index (κ1) is 26.1. The van der Waals surface area contributed by atoms with Crippen molar-refractivity contribution >= 4 is 17.8 Å². The molecule has 3 aromatic carbocycles. The molecule has 0 aliphatic heterocycles. The van der Waals surface area contributed by atoms with Gasteiger partial charge in [0.15, 0.2) is 5.78 Å². The maximum Gasteiger partial charge on any atom is 0.407 e. The zero-order valence-electron chi connectivity index (χ0n) is 21.8. The minimum Gasteiger partial charge on any atom is -0.449 e. The molecule has 4 rings (SSSR count). The summed E-state index contributed by atoms with van der Waals surface area (Å²) in [7, 11) is 0. The molecule has 6 nitrogen and oxygen atoms in total. The molecule has 1 unspecified atom stereocenters. The standard InChI is InChI=1S/C31H34N2O4/c1-5-20(3)28(30(35)32-21(4)29(34)22-16-14-19(2)15-17-22)33-31(36)37-18-27-25-12-8-6-10-23(25)24-11-7-9-13-26(24)27/h6-17,20-21,27-28H,5,18H2,1-4H3,(H,32,35)(H,33,36)/t20?,21-,28-/m0/s1. The van der Waals surface area contributed by atoms with Gasteiger partial charge in [0.25, 0.3) is 0 Å². The summed E-state index contributed by atoms with van der Waals surface area (Å²) in [6, 6.07) is 21.9. The summed E-state index contributed by atoms with van der Waals surface area (Å²) in [5.41, 5.74) is 6.13. The highest BCUT2D eigenvalue weighted by atomic mass is 16.5. The molecule has 0 bridgehead atoms. The van der Waals surface area contributed by atoms with Gasteiger partial charge in [0, 0.05) is 11.5 Å². The van der Waals surface area contributed by atoms with Crippen LogP contribution in [0, 0.1) is 12.8 Å². The number of ketones is 1. The molecular formula is C31H34N2O4. The molecule has 0 aromatic heterocycles. The fraction of sp³-hybridized carbons (Fsp3) is 0.323. The fourth-order valence-electron chi connectivity index (χ4n) is 4.81. The first-order valence-corrected chi connectivity index (χ1v) is 12.8. The van der Waals surface area contributed by atoms with Crippen LogP contribution in [-0.4, -0.2) is 36.5 Å². The van der Waals surface area contributed by atoms with E-state index in [4.69, 9.17) is 4.74 Å². The zero-order valence-corrected chi connectivity index (χ0v) is 21.8. The summed E-state index contributed by atoms with van der Waals surface area (Å²) in [6.45, 7) is 7.61. The molecule has 0 saturated carbocycles. The van der Waals surface area contributed by atoms with Gasteiger partial charge in [0.2, 0.25) is 5.91 Å². The van der Waals surface area contributed by atoms with Gasteiger partial charge in [-0.05, 0) is 42.0 Å². The predicted octanol–water partition coefficient (Wildman–Crippen LogP) is 5.64. The van der Waals surface area contributed by atoms with Gasteiger partial charge in [-0.15, -0.1) is 0 Å². The van der Waals surface area contributed by atoms with Crippen molar-refractivity contribution in [2.24, 2.45) is 5.92 Å². The van der Waals surface area contributed by atoms with Crippen LogP contribution in [0.4, 0.5) is 4.79 Å². The van der Waals surface area contributed by atoms with E-state index in [1.165, 1.54) is 0 Å². The Balaban J connectivity index is 1.40. The van der Waals surface area contributed by atoms with Gasteiger partial charge in [0.1, 0.15) is 12.6 Å². The van der Waals surface area contributed by atoms with E-state index in [1.807, 2.05) is 57.2 Å². The maximum absolute atomic E-state index is 13.1. The van der Waals surface area contributed by atoms with E-state index in [1.54, 1.807) is 19.1 Å². The molecule has 0 saturated heterocycles. The Morgan fingerprint density at radius 3 is 1.97 bits per heavy atom. The number of amides is 2. The van der Waals surface area contributed by atoms with Gasteiger partial charge in [-0.3, -0.25) is 9.59 Å². The van der Waals surface area contributed by atoms with Crippen LogP contribution < -0.4 is 10.6 Å². The molecule has 3 atom stereocenters. The average Bonchev–Trinajstić information content (AvgIpc) is 3.23. The highest BCUT2D eigenvalue weighted by Crippen LogP contribution is 2.44. The van der Waals surface area contributed by atoms with E-state index >= 15 is 0 Å². The van der Waals surface area contributed by atoms with Gasteiger partial charge >= 0.3 is 6.09 Å². The van der Waals surface area contributed by atoms with Crippen molar-refractivity contribution in [1.82, 2.24) is 10.6 Å². The van der Waals surface area contributed by atoms with Crippen LogP contribution in [-0.2, 0) is 9.53 Å². The van der Waals surface area contributed by atoms with E-state index in [0.717, 1.165) is 27.8 Å². The summed E-state index contributed by atoms with van der Waals surface area (Å²) >= 11 is 0. The van der Waals surface area contributed by atoms with E-state index in [2.05, 4.69) is 34.9 Å². The Morgan fingerprint density at radius 1 is 0.838 bits per heavy atom. The molecule has 0 radical (unpaired) electrons. The van der Waals surface area contributed by atoms with Crippen molar-refractivity contribution < 1.29 is 19.1 Å². The van der Waals surface area contributed by atoms with Crippen LogP contribution in [0.1, 0.15) is 60.2 Å². The number of aryl methyl sites for hydroxylation is 1. The van der Waals surface area contributed by atoms with Gasteiger partial charge in [-0.25, -0.2) is 4.79 Å². The van der Waals surface area contributed by atoms with Crippen LogP contribution in [0.2, 0.25) is 0 Å². The Hall–Kier alpha value is -3.93. The number of benzene rings is 3. The molecular weight excluding hydrogens is 464 g/mol. The second-order valence-electron chi connectivity index (χ2n) is 9.79. The Kier molecular flexibility index (Phi) is 8.07. The highest BCUT2D eigenvalue weighted by Gasteiger charge is 2.31. The Bertz CT molecular complexity index is 1240. The van der Waals surface area contributed by atoms with Crippen LogP contribution in [0.3, 0.4) is 0 Å². The van der Waals surface area contributed by atoms with Gasteiger partial charge in [-0.2, -0.15) is 0 Å². The van der Waals surface area contributed by atoms with E-state index in [-0.39, 0.29) is 24.2 Å². The molecule has 2 N–H and O–H groups in total. The van der Waals surface area contributed by atoms with E-state index < -0.39 is 24.1 Å². The quantitative estimate of drug-likeness (QED) is 0.374. The number of alkyl carbamates (subject to hydrolysis) is 1. The number of ether oxygens (including phenoxy) is 1. The minimum atomic E-state index is -0.825. The van der Waals surface area contributed by atoms with E-state index in [9.17, 15) is 14.4 Å². The second-order valence-corrected chi connectivity index (χ2v) is 9.79. The van der Waals surface area contributed by atoms with Crippen molar-refractivity contribution in [3.05, 3.63) is 95.1 Å². The molecule has 0 fully saturated rings. The van der Waals surface area contributed by atoms with Crippen molar-refractivity contribution in [2.75, 3.05) is 6.61 Å². The zero-order chi connectivity index (χ0) is 26.5. The number of fused-ring (bicyclic) bond motifs is 3. The second kappa shape index (κ2) is 11.4. The number of hydrogen-bond donors (Lipinski definition) is 2. The first-order valence-electron chi connectivity index (χ1n) is 12.8. The lowest BCUT2D eigenvalue weighted by Crippen LogP contribution is -2.53. The molecule has 6 heteroatoms. The van der Waals surface area contributed by atoms with Gasteiger partial charge in [-0.1, -0.05) is 98.6 Å². The SMILES string of the molecule is CCC(C)[C@H](NC(=O)OCC1c2ccccc2-c2ccccc21)C(=O)N[C@@H](C)C(=O)c1ccc(C)cc1. The smallest absolute Gasteiger partial charge is 0.407 e.